The molecule has 0 N–H and O–H groups in total. The molecule has 0 bridgehead atoms. The Hall–Kier alpha value is -0.110. The van der Waals surface area contributed by atoms with E-state index in [4.69, 9.17) is 4.74 Å². The van der Waals surface area contributed by atoms with Crippen molar-refractivity contribution >= 4 is 0 Å². The van der Waals surface area contributed by atoms with Crippen LogP contribution in [0.2, 0.25) is 0 Å². The maximum Gasteiger partial charge on any atom is 0.0897 e. The monoisotopic (exact) mass is 256 g/mol. The fourth-order valence-corrected chi connectivity index (χ4v) is 4.07. The van der Waals surface area contributed by atoms with Gasteiger partial charge in [-0.15, -0.1) is 0 Å². The topological polar surface area (TPSA) is 9.23 Å². The maximum absolute atomic E-state index is 12.3. The molecule has 0 unspecified atom stereocenters. The van der Waals surface area contributed by atoms with Crippen molar-refractivity contribution in [2.24, 2.45) is 17.8 Å². The third-order valence-corrected chi connectivity index (χ3v) is 5.20. The Bertz CT molecular complexity index is 191. The highest BCUT2D eigenvalue weighted by Gasteiger charge is 2.30. The maximum atomic E-state index is 12.3. The van der Waals surface area contributed by atoms with Crippen LogP contribution in [0, 0.1) is 17.8 Å². The van der Waals surface area contributed by atoms with Crippen LogP contribution in [-0.2, 0) is 4.74 Å². The van der Waals surface area contributed by atoms with Crippen LogP contribution >= 0.6 is 0 Å². The van der Waals surface area contributed by atoms with E-state index >= 15 is 0 Å². The Morgan fingerprint density at radius 1 is 0.889 bits per heavy atom. The molecular formula is C16H29FO. The molecular weight excluding hydrogens is 227 g/mol. The van der Waals surface area contributed by atoms with Gasteiger partial charge >= 0.3 is 0 Å². The Morgan fingerprint density at radius 3 is 1.94 bits per heavy atom. The number of halogens is 1. The van der Waals surface area contributed by atoms with Gasteiger partial charge in [-0.2, -0.15) is 0 Å². The van der Waals surface area contributed by atoms with E-state index in [1.807, 2.05) is 0 Å². The summed E-state index contributed by atoms with van der Waals surface area (Å²) in [6, 6.07) is 0. The van der Waals surface area contributed by atoms with Gasteiger partial charge in [0.2, 0.25) is 0 Å². The second kappa shape index (κ2) is 7.47. The van der Waals surface area contributed by atoms with Gasteiger partial charge in [-0.3, -0.25) is 4.39 Å². The third kappa shape index (κ3) is 3.94. The predicted octanol–water partition coefficient (Wildman–Crippen LogP) is 4.75. The second-order valence-electron chi connectivity index (χ2n) is 6.25. The van der Waals surface area contributed by atoms with E-state index < -0.39 is 0 Å². The Balaban J connectivity index is 1.68. The Labute approximate surface area is 111 Å². The van der Waals surface area contributed by atoms with Crippen LogP contribution in [-0.4, -0.2) is 19.4 Å². The van der Waals surface area contributed by atoms with Gasteiger partial charge < -0.3 is 4.74 Å². The number of ether oxygens (including phenoxy) is 1. The molecule has 0 aromatic heterocycles. The summed E-state index contributed by atoms with van der Waals surface area (Å²) >= 11 is 0. The normalized spacial score (nSPS) is 37.7. The highest BCUT2D eigenvalue weighted by atomic mass is 19.1. The first kappa shape index (κ1) is 14.3. The van der Waals surface area contributed by atoms with Crippen molar-refractivity contribution in [3.05, 3.63) is 0 Å². The lowest BCUT2D eigenvalue weighted by Crippen LogP contribution is -2.28. The average Bonchev–Trinajstić information content (AvgIpc) is 2.41. The van der Waals surface area contributed by atoms with E-state index in [9.17, 15) is 4.39 Å². The molecule has 2 saturated carbocycles. The van der Waals surface area contributed by atoms with E-state index in [0.29, 0.717) is 12.0 Å². The number of hydrogen-bond donors (Lipinski definition) is 0. The van der Waals surface area contributed by atoms with Gasteiger partial charge in [-0.1, -0.05) is 12.8 Å². The Kier molecular flexibility index (Phi) is 5.94. The summed E-state index contributed by atoms with van der Waals surface area (Å²) in [5, 5.41) is 0. The fraction of sp³-hybridized carbons (Fsp3) is 1.00. The third-order valence-electron chi connectivity index (χ3n) is 5.20. The molecule has 0 atom stereocenters. The van der Waals surface area contributed by atoms with Gasteiger partial charge in [0.15, 0.2) is 0 Å². The summed E-state index contributed by atoms with van der Waals surface area (Å²) in [6.45, 7) is 2.84. The zero-order chi connectivity index (χ0) is 12.8. The molecule has 2 rings (SSSR count). The van der Waals surface area contributed by atoms with Gasteiger partial charge in [-0.25, -0.2) is 0 Å². The van der Waals surface area contributed by atoms with E-state index in [-0.39, 0.29) is 6.67 Å². The summed E-state index contributed by atoms with van der Waals surface area (Å²) in [4.78, 5) is 0. The summed E-state index contributed by atoms with van der Waals surface area (Å²) in [5.41, 5.74) is 0. The zero-order valence-corrected chi connectivity index (χ0v) is 11.9. The zero-order valence-electron chi connectivity index (χ0n) is 11.9. The minimum Gasteiger partial charge on any atom is -0.379 e. The molecule has 0 radical (unpaired) electrons. The van der Waals surface area contributed by atoms with Crippen LogP contribution < -0.4 is 0 Å². The summed E-state index contributed by atoms with van der Waals surface area (Å²) in [6.07, 6.45) is 11.9. The van der Waals surface area contributed by atoms with Crippen molar-refractivity contribution in [2.75, 3.05) is 13.3 Å². The molecule has 2 aliphatic rings. The van der Waals surface area contributed by atoms with Crippen LogP contribution in [0.3, 0.4) is 0 Å². The Morgan fingerprint density at radius 2 is 1.44 bits per heavy atom. The van der Waals surface area contributed by atoms with Gasteiger partial charge in [0.1, 0.15) is 0 Å². The van der Waals surface area contributed by atoms with Gasteiger partial charge in [0.25, 0.3) is 0 Å². The smallest absolute Gasteiger partial charge is 0.0897 e. The van der Waals surface area contributed by atoms with Crippen LogP contribution in [0.4, 0.5) is 4.39 Å². The lowest BCUT2D eigenvalue weighted by atomic mass is 9.70. The van der Waals surface area contributed by atoms with Crippen molar-refractivity contribution in [1.82, 2.24) is 0 Å². The number of rotatable bonds is 5. The summed E-state index contributed by atoms with van der Waals surface area (Å²) in [5.74, 6) is 2.56. The minimum absolute atomic E-state index is 0.116. The minimum atomic E-state index is -0.116. The molecule has 0 aliphatic heterocycles. The standard InChI is InChI=1S/C16H29FO/c1-2-18-16-9-7-15(8-10-16)14-5-3-13(4-6-14)11-12-17/h13-16H,2-12H2,1H3. The fourth-order valence-electron chi connectivity index (χ4n) is 4.07. The quantitative estimate of drug-likeness (QED) is 0.690. The average molecular weight is 256 g/mol. The number of hydrogen-bond acceptors (Lipinski definition) is 1. The van der Waals surface area contributed by atoms with Crippen molar-refractivity contribution in [1.29, 1.82) is 0 Å². The van der Waals surface area contributed by atoms with Crippen LogP contribution in [0.15, 0.2) is 0 Å². The van der Waals surface area contributed by atoms with Crippen molar-refractivity contribution in [3.63, 3.8) is 0 Å². The molecule has 1 nitrogen and oxygen atoms in total. The lowest BCUT2D eigenvalue weighted by molar-refractivity contribution is 0.0134. The highest BCUT2D eigenvalue weighted by molar-refractivity contribution is 4.82. The van der Waals surface area contributed by atoms with Crippen LogP contribution in [0.25, 0.3) is 0 Å². The molecule has 0 heterocycles. The van der Waals surface area contributed by atoms with Crippen molar-refractivity contribution in [3.8, 4) is 0 Å². The van der Waals surface area contributed by atoms with Crippen molar-refractivity contribution in [2.45, 2.75) is 70.8 Å². The molecule has 0 saturated heterocycles. The molecule has 0 amide bonds. The van der Waals surface area contributed by atoms with Crippen molar-refractivity contribution < 1.29 is 9.13 Å². The van der Waals surface area contributed by atoms with Crippen LogP contribution in [0.5, 0.6) is 0 Å². The molecule has 2 fully saturated rings. The summed E-state index contributed by atoms with van der Waals surface area (Å²) in [7, 11) is 0. The molecule has 2 heteroatoms. The van der Waals surface area contributed by atoms with E-state index in [2.05, 4.69) is 6.92 Å². The van der Waals surface area contributed by atoms with Gasteiger partial charge in [0.05, 0.1) is 12.8 Å². The lowest BCUT2D eigenvalue weighted by Gasteiger charge is -2.37. The first-order valence-corrected chi connectivity index (χ1v) is 8.01. The molecule has 18 heavy (non-hydrogen) atoms. The van der Waals surface area contributed by atoms with E-state index in [0.717, 1.165) is 24.9 Å². The molecule has 0 spiro atoms. The predicted molar refractivity (Wildman–Crippen MR) is 73.4 cm³/mol. The van der Waals surface area contributed by atoms with Crippen LogP contribution in [0.1, 0.15) is 64.7 Å². The molecule has 0 aromatic rings. The number of alkyl halides is 1. The second-order valence-corrected chi connectivity index (χ2v) is 6.25. The molecule has 2 aliphatic carbocycles. The molecule has 0 aromatic carbocycles. The SMILES string of the molecule is CCOC1CCC(C2CCC(CCF)CC2)CC1. The highest BCUT2D eigenvalue weighted by Crippen LogP contribution is 2.41. The largest absolute Gasteiger partial charge is 0.379 e. The van der Waals surface area contributed by atoms with Gasteiger partial charge in [0, 0.05) is 6.61 Å². The summed E-state index contributed by atoms with van der Waals surface area (Å²) < 4.78 is 18.1. The van der Waals surface area contributed by atoms with Gasteiger partial charge in [-0.05, 0) is 69.6 Å². The van der Waals surface area contributed by atoms with E-state index in [1.54, 1.807) is 0 Å². The molecule has 106 valence electrons. The first-order valence-electron chi connectivity index (χ1n) is 8.01. The van der Waals surface area contributed by atoms with E-state index in [1.165, 1.54) is 51.4 Å². The first-order chi connectivity index (χ1) is 8.83.